The fourth-order valence-electron chi connectivity index (χ4n) is 4.03. The number of hydrogen-bond acceptors (Lipinski definition) is 6. The standard InChI is InChI=1S/C21H31N7/c1-8-11-17(9-2)28-21-18(25-26-28)20(23-16(7)24-21)27(10-3)19-13(4)12-14(5)22-15(19)6/h12,17H,8-11H2,1-7H3. The molecule has 0 aromatic carbocycles. The topological polar surface area (TPSA) is 72.6 Å². The van der Waals surface area contributed by atoms with Crippen LogP contribution in [0.25, 0.3) is 11.2 Å². The molecule has 1 unspecified atom stereocenters. The van der Waals surface area contributed by atoms with Crippen LogP contribution >= 0.6 is 0 Å². The Labute approximate surface area is 167 Å². The highest BCUT2D eigenvalue weighted by atomic mass is 15.5. The van der Waals surface area contributed by atoms with Crippen LogP contribution in [0.1, 0.15) is 68.9 Å². The van der Waals surface area contributed by atoms with Gasteiger partial charge in [0.2, 0.25) is 0 Å². The normalized spacial score (nSPS) is 12.5. The van der Waals surface area contributed by atoms with E-state index in [-0.39, 0.29) is 0 Å². The van der Waals surface area contributed by atoms with Gasteiger partial charge in [0.15, 0.2) is 17.0 Å². The van der Waals surface area contributed by atoms with Crippen molar-refractivity contribution in [3.8, 4) is 0 Å². The van der Waals surface area contributed by atoms with Crippen LogP contribution < -0.4 is 4.90 Å². The summed E-state index contributed by atoms with van der Waals surface area (Å²) in [5.74, 6) is 1.53. The molecule has 3 aromatic heterocycles. The monoisotopic (exact) mass is 381 g/mol. The van der Waals surface area contributed by atoms with E-state index in [4.69, 9.17) is 9.97 Å². The number of rotatable bonds is 7. The minimum atomic E-state index is 0.303. The van der Waals surface area contributed by atoms with Crippen molar-refractivity contribution in [2.75, 3.05) is 11.4 Å². The van der Waals surface area contributed by atoms with Gasteiger partial charge in [-0.3, -0.25) is 4.98 Å². The van der Waals surface area contributed by atoms with E-state index >= 15 is 0 Å². The van der Waals surface area contributed by atoms with Crippen LogP contribution in [0, 0.1) is 27.7 Å². The molecular weight excluding hydrogens is 350 g/mol. The van der Waals surface area contributed by atoms with Gasteiger partial charge in [0.05, 0.1) is 17.4 Å². The summed E-state index contributed by atoms with van der Waals surface area (Å²) in [6, 6.07) is 2.42. The van der Waals surface area contributed by atoms with Crippen molar-refractivity contribution in [1.29, 1.82) is 0 Å². The summed E-state index contributed by atoms with van der Waals surface area (Å²) in [4.78, 5) is 16.3. The molecule has 0 spiro atoms. The van der Waals surface area contributed by atoms with E-state index < -0.39 is 0 Å². The summed E-state index contributed by atoms with van der Waals surface area (Å²) in [7, 11) is 0. The van der Waals surface area contributed by atoms with E-state index in [2.05, 4.69) is 60.9 Å². The SMILES string of the molecule is CCCC(CC)n1nnc2c(N(CC)c3c(C)cc(C)nc3C)nc(C)nc21. The number of aryl methyl sites for hydroxylation is 4. The van der Waals surface area contributed by atoms with Gasteiger partial charge in [-0.2, -0.15) is 0 Å². The number of pyridine rings is 1. The summed E-state index contributed by atoms with van der Waals surface area (Å²) in [5, 5.41) is 8.99. The fourth-order valence-corrected chi connectivity index (χ4v) is 4.03. The predicted octanol–water partition coefficient (Wildman–Crippen LogP) is 4.76. The Balaban J connectivity index is 2.21. The van der Waals surface area contributed by atoms with Crippen molar-refractivity contribution in [1.82, 2.24) is 29.9 Å². The average Bonchev–Trinajstić information content (AvgIpc) is 3.05. The van der Waals surface area contributed by atoms with E-state index in [9.17, 15) is 0 Å². The second-order valence-electron chi connectivity index (χ2n) is 7.41. The first-order valence-corrected chi connectivity index (χ1v) is 10.2. The first-order valence-electron chi connectivity index (χ1n) is 10.2. The zero-order valence-electron chi connectivity index (χ0n) is 18.1. The molecule has 3 rings (SSSR count). The third kappa shape index (κ3) is 3.57. The van der Waals surface area contributed by atoms with Gasteiger partial charge in [-0.1, -0.05) is 25.5 Å². The first kappa shape index (κ1) is 20.2. The molecule has 0 N–H and O–H groups in total. The summed E-state index contributed by atoms with van der Waals surface area (Å²) >= 11 is 0. The predicted molar refractivity (Wildman–Crippen MR) is 113 cm³/mol. The molecule has 0 radical (unpaired) electrons. The molecule has 7 heteroatoms. The van der Waals surface area contributed by atoms with Gasteiger partial charge in [0, 0.05) is 12.2 Å². The molecule has 0 fully saturated rings. The van der Waals surface area contributed by atoms with Crippen LogP contribution in [-0.2, 0) is 0 Å². The first-order chi connectivity index (χ1) is 13.4. The molecule has 0 aliphatic heterocycles. The van der Waals surface area contributed by atoms with Crippen molar-refractivity contribution >= 4 is 22.7 Å². The van der Waals surface area contributed by atoms with Gasteiger partial charge < -0.3 is 4.90 Å². The van der Waals surface area contributed by atoms with Crippen molar-refractivity contribution < 1.29 is 0 Å². The van der Waals surface area contributed by atoms with Gasteiger partial charge in [0.25, 0.3) is 0 Å². The third-order valence-electron chi connectivity index (χ3n) is 5.18. The molecule has 1 atom stereocenters. The van der Waals surface area contributed by atoms with Gasteiger partial charge in [0.1, 0.15) is 5.82 Å². The maximum atomic E-state index is 4.77. The molecule has 150 valence electrons. The lowest BCUT2D eigenvalue weighted by molar-refractivity contribution is 0.408. The molecule has 0 saturated carbocycles. The third-order valence-corrected chi connectivity index (χ3v) is 5.18. The highest BCUT2D eigenvalue weighted by molar-refractivity contribution is 5.86. The van der Waals surface area contributed by atoms with Gasteiger partial charge in [-0.05, 0) is 59.1 Å². The second-order valence-corrected chi connectivity index (χ2v) is 7.41. The lowest BCUT2D eigenvalue weighted by atomic mass is 10.1. The van der Waals surface area contributed by atoms with Crippen molar-refractivity contribution in [2.24, 2.45) is 0 Å². The minimum Gasteiger partial charge on any atom is -0.323 e. The Morgan fingerprint density at radius 3 is 2.39 bits per heavy atom. The number of fused-ring (bicyclic) bond motifs is 1. The maximum Gasteiger partial charge on any atom is 0.184 e. The quantitative estimate of drug-likeness (QED) is 0.587. The van der Waals surface area contributed by atoms with Crippen molar-refractivity contribution in [2.45, 2.75) is 73.8 Å². The van der Waals surface area contributed by atoms with Crippen LogP contribution in [0.4, 0.5) is 11.5 Å². The smallest absolute Gasteiger partial charge is 0.184 e. The van der Waals surface area contributed by atoms with Crippen molar-refractivity contribution in [3.63, 3.8) is 0 Å². The maximum absolute atomic E-state index is 4.77. The van der Waals surface area contributed by atoms with Crippen LogP contribution in [-0.4, -0.2) is 36.5 Å². The lowest BCUT2D eigenvalue weighted by Crippen LogP contribution is -2.21. The molecule has 0 aliphatic carbocycles. The van der Waals surface area contributed by atoms with Crippen LogP contribution in [0.15, 0.2) is 6.07 Å². The van der Waals surface area contributed by atoms with E-state index in [1.165, 1.54) is 5.56 Å². The molecule has 0 bridgehead atoms. The average molecular weight is 382 g/mol. The van der Waals surface area contributed by atoms with Gasteiger partial charge in [-0.15, -0.1) is 5.10 Å². The summed E-state index contributed by atoms with van der Waals surface area (Å²) in [6.45, 7) is 15.4. The molecule has 7 nitrogen and oxygen atoms in total. The zero-order valence-corrected chi connectivity index (χ0v) is 18.1. The van der Waals surface area contributed by atoms with E-state index in [1.807, 2.05) is 18.5 Å². The minimum absolute atomic E-state index is 0.303. The molecule has 0 aliphatic rings. The molecule has 0 amide bonds. The number of hydrogen-bond donors (Lipinski definition) is 0. The Kier molecular flexibility index (Phi) is 5.91. The Morgan fingerprint density at radius 2 is 1.79 bits per heavy atom. The molecule has 0 saturated heterocycles. The number of anilines is 2. The van der Waals surface area contributed by atoms with Gasteiger partial charge in [-0.25, -0.2) is 14.6 Å². The number of aromatic nitrogens is 6. The van der Waals surface area contributed by atoms with E-state index in [1.54, 1.807) is 0 Å². The fraction of sp³-hybridized carbons (Fsp3) is 0.571. The largest absolute Gasteiger partial charge is 0.323 e. The Hall–Kier alpha value is -2.57. The lowest BCUT2D eigenvalue weighted by Gasteiger charge is -2.26. The molecule has 3 heterocycles. The summed E-state index contributed by atoms with van der Waals surface area (Å²) in [6.07, 6.45) is 3.17. The van der Waals surface area contributed by atoms with Crippen LogP contribution in [0.3, 0.4) is 0 Å². The molecule has 3 aromatic rings. The van der Waals surface area contributed by atoms with E-state index in [0.29, 0.717) is 6.04 Å². The zero-order chi connectivity index (χ0) is 20.4. The molecular formula is C21H31N7. The Bertz CT molecular complexity index is 953. The van der Waals surface area contributed by atoms with E-state index in [0.717, 1.165) is 65.7 Å². The highest BCUT2D eigenvalue weighted by Gasteiger charge is 2.23. The van der Waals surface area contributed by atoms with Crippen molar-refractivity contribution in [3.05, 3.63) is 28.8 Å². The Morgan fingerprint density at radius 1 is 1.04 bits per heavy atom. The second kappa shape index (κ2) is 8.20. The van der Waals surface area contributed by atoms with Gasteiger partial charge >= 0.3 is 0 Å². The summed E-state index contributed by atoms with van der Waals surface area (Å²) in [5.41, 5.74) is 5.85. The summed E-state index contributed by atoms with van der Waals surface area (Å²) < 4.78 is 1.98. The number of nitrogens with zero attached hydrogens (tertiary/aromatic N) is 7. The highest BCUT2D eigenvalue weighted by Crippen LogP contribution is 2.34. The van der Waals surface area contributed by atoms with Crippen LogP contribution in [0.5, 0.6) is 0 Å². The van der Waals surface area contributed by atoms with Crippen LogP contribution in [0.2, 0.25) is 0 Å². The molecule has 28 heavy (non-hydrogen) atoms.